The molecule has 4 N–H and O–H groups in total. The molecule has 0 aliphatic heterocycles. The molecule has 18 heavy (non-hydrogen) atoms. The molecule has 1 amide bonds. The van der Waals surface area contributed by atoms with Gasteiger partial charge in [-0.15, -0.1) is 0 Å². The van der Waals surface area contributed by atoms with E-state index in [4.69, 9.17) is 10.5 Å². The van der Waals surface area contributed by atoms with Crippen molar-refractivity contribution >= 4 is 11.6 Å². The average Bonchev–Trinajstić information content (AvgIpc) is 2.36. The summed E-state index contributed by atoms with van der Waals surface area (Å²) in [4.78, 5) is 11.7. The molecule has 1 aromatic carbocycles. The molecule has 0 aliphatic carbocycles. The zero-order chi connectivity index (χ0) is 13.5. The van der Waals surface area contributed by atoms with Crippen LogP contribution in [0.1, 0.15) is 26.2 Å². The monoisotopic (exact) mass is 252 g/mol. The molecule has 1 rings (SSSR count). The molecule has 5 nitrogen and oxygen atoms in total. The largest absolute Gasteiger partial charge is 0.504 e. The summed E-state index contributed by atoms with van der Waals surface area (Å²) in [6.07, 6.45) is 2.58. The van der Waals surface area contributed by atoms with Gasteiger partial charge in [0.05, 0.1) is 13.2 Å². The Morgan fingerprint density at radius 1 is 1.56 bits per heavy atom. The molecule has 0 bridgehead atoms. The SMILES string of the molecule is CCCCC(N)C(=O)Nc1ccc(OC)c(O)c1. The fourth-order valence-electron chi connectivity index (χ4n) is 1.56. The van der Waals surface area contributed by atoms with Crippen LogP contribution >= 0.6 is 0 Å². The van der Waals surface area contributed by atoms with Crippen molar-refractivity contribution in [3.63, 3.8) is 0 Å². The van der Waals surface area contributed by atoms with Gasteiger partial charge in [0.2, 0.25) is 5.91 Å². The van der Waals surface area contributed by atoms with Gasteiger partial charge in [-0.2, -0.15) is 0 Å². The highest BCUT2D eigenvalue weighted by atomic mass is 16.5. The van der Waals surface area contributed by atoms with Gasteiger partial charge in [-0.1, -0.05) is 19.8 Å². The number of hydrogen-bond acceptors (Lipinski definition) is 4. The summed E-state index contributed by atoms with van der Waals surface area (Å²) in [6.45, 7) is 2.05. The van der Waals surface area contributed by atoms with Crippen LogP contribution < -0.4 is 15.8 Å². The maximum absolute atomic E-state index is 11.7. The summed E-state index contributed by atoms with van der Waals surface area (Å²) >= 11 is 0. The maximum Gasteiger partial charge on any atom is 0.241 e. The molecular weight excluding hydrogens is 232 g/mol. The first-order valence-electron chi connectivity index (χ1n) is 6.02. The fourth-order valence-corrected chi connectivity index (χ4v) is 1.56. The molecule has 0 aliphatic rings. The topological polar surface area (TPSA) is 84.6 Å². The number of unbranched alkanes of at least 4 members (excludes halogenated alkanes) is 1. The van der Waals surface area contributed by atoms with E-state index in [1.807, 2.05) is 6.92 Å². The third-order valence-electron chi connectivity index (χ3n) is 2.65. The number of amides is 1. The Hall–Kier alpha value is -1.75. The van der Waals surface area contributed by atoms with Gasteiger partial charge in [0.15, 0.2) is 11.5 Å². The summed E-state index contributed by atoms with van der Waals surface area (Å²) in [5.74, 6) is 0.105. The molecule has 5 heteroatoms. The minimum absolute atomic E-state index is 0.0163. The lowest BCUT2D eigenvalue weighted by molar-refractivity contribution is -0.117. The summed E-state index contributed by atoms with van der Waals surface area (Å²) in [5, 5.41) is 12.2. The molecule has 1 atom stereocenters. The zero-order valence-electron chi connectivity index (χ0n) is 10.8. The maximum atomic E-state index is 11.7. The molecule has 0 heterocycles. The van der Waals surface area contributed by atoms with Crippen LogP contribution in [0.4, 0.5) is 5.69 Å². The molecule has 0 saturated carbocycles. The number of ether oxygens (including phenoxy) is 1. The van der Waals surface area contributed by atoms with E-state index < -0.39 is 6.04 Å². The van der Waals surface area contributed by atoms with Crippen molar-refractivity contribution in [2.24, 2.45) is 5.73 Å². The van der Waals surface area contributed by atoms with Crippen molar-refractivity contribution in [2.45, 2.75) is 32.2 Å². The molecule has 0 fully saturated rings. The lowest BCUT2D eigenvalue weighted by Crippen LogP contribution is -2.35. The Bertz CT molecular complexity index is 407. The molecular formula is C13H20N2O3. The summed E-state index contributed by atoms with van der Waals surface area (Å²) in [7, 11) is 1.47. The number of hydrogen-bond donors (Lipinski definition) is 3. The standard InChI is InChI=1S/C13H20N2O3/c1-3-4-5-10(14)13(17)15-9-6-7-12(18-2)11(16)8-9/h6-8,10,16H,3-5,14H2,1-2H3,(H,15,17). The minimum Gasteiger partial charge on any atom is -0.504 e. The van der Waals surface area contributed by atoms with Crippen molar-refractivity contribution in [3.05, 3.63) is 18.2 Å². The Balaban J connectivity index is 2.61. The van der Waals surface area contributed by atoms with E-state index in [2.05, 4.69) is 5.32 Å². The van der Waals surface area contributed by atoms with Crippen LogP contribution in [0.5, 0.6) is 11.5 Å². The van der Waals surface area contributed by atoms with E-state index in [0.717, 1.165) is 12.8 Å². The van der Waals surface area contributed by atoms with E-state index in [1.54, 1.807) is 12.1 Å². The molecule has 0 saturated heterocycles. The third kappa shape index (κ3) is 3.92. The number of benzene rings is 1. The summed E-state index contributed by atoms with van der Waals surface area (Å²) < 4.78 is 4.92. The van der Waals surface area contributed by atoms with Crippen LogP contribution in [0.15, 0.2) is 18.2 Å². The summed E-state index contributed by atoms with van der Waals surface area (Å²) in [6, 6.07) is 4.16. The number of phenols is 1. The Labute approximate surface area is 107 Å². The normalized spacial score (nSPS) is 11.9. The highest BCUT2D eigenvalue weighted by Crippen LogP contribution is 2.28. The van der Waals surface area contributed by atoms with Crippen LogP contribution in [-0.2, 0) is 4.79 Å². The second-order valence-electron chi connectivity index (χ2n) is 4.12. The first kappa shape index (κ1) is 14.3. The fraction of sp³-hybridized carbons (Fsp3) is 0.462. The molecule has 1 aromatic rings. The van der Waals surface area contributed by atoms with Crippen LogP contribution in [0.2, 0.25) is 0 Å². The lowest BCUT2D eigenvalue weighted by Gasteiger charge is -2.12. The number of rotatable bonds is 6. The second-order valence-corrected chi connectivity index (χ2v) is 4.12. The van der Waals surface area contributed by atoms with Gasteiger partial charge in [-0.3, -0.25) is 4.79 Å². The van der Waals surface area contributed by atoms with Gasteiger partial charge in [0.1, 0.15) is 0 Å². The molecule has 0 spiro atoms. The van der Waals surface area contributed by atoms with Crippen LogP contribution in [0.3, 0.4) is 0 Å². The Morgan fingerprint density at radius 2 is 2.28 bits per heavy atom. The van der Waals surface area contributed by atoms with Crippen LogP contribution in [-0.4, -0.2) is 24.2 Å². The quantitative estimate of drug-likeness (QED) is 0.721. The van der Waals surface area contributed by atoms with Crippen molar-refractivity contribution in [3.8, 4) is 11.5 Å². The minimum atomic E-state index is -0.519. The number of methoxy groups -OCH3 is 1. The number of nitrogens with two attached hydrogens (primary N) is 1. The number of carbonyl (C=O) groups is 1. The average molecular weight is 252 g/mol. The molecule has 100 valence electrons. The number of aromatic hydroxyl groups is 1. The van der Waals surface area contributed by atoms with E-state index in [1.165, 1.54) is 13.2 Å². The second kappa shape index (κ2) is 6.86. The first-order chi connectivity index (χ1) is 8.58. The predicted octanol–water partition coefficient (Wildman–Crippen LogP) is 1.86. The smallest absolute Gasteiger partial charge is 0.241 e. The molecule has 1 unspecified atom stereocenters. The van der Waals surface area contributed by atoms with Crippen molar-refractivity contribution in [2.75, 3.05) is 12.4 Å². The number of carbonyl (C=O) groups excluding carboxylic acids is 1. The number of phenolic OH excluding ortho intramolecular Hbond substituents is 1. The van der Waals surface area contributed by atoms with Gasteiger partial charge in [-0.25, -0.2) is 0 Å². The Morgan fingerprint density at radius 3 is 2.83 bits per heavy atom. The first-order valence-corrected chi connectivity index (χ1v) is 6.02. The van der Waals surface area contributed by atoms with Gasteiger partial charge in [0.25, 0.3) is 0 Å². The van der Waals surface area contributed by atoms with Gasteiger partial charge in [-0.05, 0) is 18.6 Å². The zero-order valence-corrected chi connectivity index (χ0v) is 10.8. The highest BCUT2D eigenvalue weighted by Gasteiger charge is 2.13. The van der Waals surface area contributed by atoms with Crippen molar-refractivity contribution in [1.29, 1.82) is 0 Å². The number of anilines is 1. The Kier molecular flexibility index (Phi) is 5.45. The van der Waals surface area contributed by atoms with E-state index >= 15 is 0 Å². The van der Waals surface area contributed by atoms with Crippen LogP contribution in [0.25, 0.3) is 0 Å². The highest BCUT2D eigenvalue weighted by molar-refractivity contribution is 5.94. The lowest BCUT2D eigenvalue weighted by atomic mass is 10.1. The van der Waals surface area contributed by atoms with E-state index in [0.29, 0.717) is 17.9 Å². The van der Waals surface area contributed by atoms with E-state index in [9.17, 15) is 9.90 Å². The number of nitrogens with one attached hydrogen (secondary N) is 1. The van der Waals surface area contributed by atoms with Crippen molar-refractivity contribution in [1.82, 2.24) is 0 Å². The molecule has 0 aromatic heterocycles. The molecule has 0 radical (unpaired) electrons. The van der Waals surface area contributed by atoms with E-state index in [-0.39, 0.29) is 11.7 Å². The van der Waals surface area contributed by atoms with Gasteiger partial charge >= 0.3 is 0 Å². The van der Waals surface area contributed by atoms with Crippen LogP contribution in [0, 0.1) is 0 Å². The van der Waals surface area contributed by atoms with Crippen molar-refractivity contribution < 1.29 is 14.6 Å². The third-order valence-corrected chi connectivity index (χ3v) is 2.65. The summed E-state index contributed by atoms with van der Waals surface area (Å²) in [5.41, 5.74) is 6.25. The van der Waals surface area contributed by atoms with Gasteiger partial charge in [0, 0.05) is 11.8 Å². The van der Waals surface area contributed by atoms with Gasteiger partial charge < -0.3 is 20.9 Å². The predicted molar refractivity (Wildman–Crippen MR) is 70.8 cm³/mol.